The number of rotatable bonds is 1. The molecule has 0 aliphatic rings. The zero-order chi connectivity index (χ0) is 12.7. The Kier molecular flexibility index (Phi) is 2.70. The first-order valence-corrected chi connectivity index (χ1v) is 6.67. The van der Waals surface area contributed by atoms with Crippen molar-refractivity contribution in [3.63, 3.8) is 0 Å². The summed E-state index contributed by atoms with van der Waals surface area (Å²) in [6.45, 7) is 0. The summed E-state index contributed by atoms with van der Waals surface area (Å²) in [5.74, 6) is -0.374. The van der Waals surface area contributed by atoms with Gasteiger partial charge in [0.1, 0.15) is 0 Å². The number of hydrogen-bond donors (Lipinski definition) is 1. The monoisotopic (exact) mass is 347 g/mol. The maximum absolute atomic E-state index is 11.7. The molecule has 3 rings (SSSR count). The molecular weight excluding hydrogens is 337 g/mol. The van der Waals surface area contributed by atoms with E-state index >= 15 is 0 Å². The van der Waals surface area contributed by atoms with Crippen molar-refractivity contribution in [1.29, 1.82) is 0 Å². The van der Waals surface area contributed by atoms with Crippen LogP contribution < -0.4 is 5.73 Å². The number of nitrogens with two attached hydrogens (primary N) is 1. The molecule has 2 nitrogen and oxygen atoms in total. The maximum Gasteiger partial charge on any atom is 0.250 e. The van der Waals surface area contributed by atoms with Gasteiger partial charge in [0.2, 0.25) is 5.91 Å². The van der Waals surface area contributed by atoms with E-state index in [4.69, 9.17) is 5.73 Å². The summed E-state index contributed by atoms with van der Waals surface area (Å²) in [7, 11) is 0. The normalized spacial score (nSPS) is 10.9. The number of primary amides is 1. The Morgan fingerprint density at radius 1 is 0.833 bits per heavy atom. The van der Waals surface area contributed by atoms with Gasteiger partial charge >= 0.3 is 0 Å². The van der Waals surface area contributed by atoms with Crippen molar-refractivity contribution < 1.29 is 4.79 Å². The van der Waals surface area contributed by atoms with Gasteiger partial charge in [0, 0.05) is 3.57 Å². The van der Waals surface area contributed by atoms with Crippen molar-refractivity contribution in [2.24, 2.45) is 5.73 Å². The Balaban J connectivity index is 2.66. The van der Waals surface area contributed by atoms with Crippen molar-refractivity contribution in [3.8, 4) is 0 Å². The molecule has 3 aromatic carbocycles. The number of amides is 1. The Bertz CT molecular complexity index is 780. The fourth-order valence-electron chi connectivity index (χ4n) is 2.34. The van der Waals surface area contributed by atoms with Gasteiger partial charge in [-0.2, -0.15) is 0 Å². The third kappa shape index (κ3) is 1.58. The number of hydrogen-bond acceptors (Lipinski definition) is 1. The second-order valence-corrected chi connectivity index (χ2v) is 5.22. The van der Waals surface area contributed by atoms with Gasteiger partial charge in [-0.05, 0) is 44.1 Å². The molecule has 0 spiro atoms. The van der Waals surface area contributed by atoms with Crippen LogP contribution in [-0.2, 0) is 0 Å². The van der Waals surface area contributed by atoms with E-state index in [0.717, 1.165) is 25.1 Å². The fraction of sp³-hybridized carbons (Fsp3) is 0. The van der Waals surface area contributed by atoms with Gasteiger partial charge < -0.3 is 5.73 Å². The highest BCUT2D eigenvalue weighted by atomic mass is 127. The summed E-state index contributed by atoms with van der Waals surface area (Å²) in [6.07, 6.45) is 0. The lowest BCUT2D eigenvalue weighted by Crippen LogP contribution is -2.13. The summed E-state index contributed by atoms with van der Waals surface area (Å²) >= 11 is 2.20. The van der Waals surface area contributed by atoms with Gasteiger partial charge in [-0.15, -0.1) is 0 Å². The molecule has 0 atom stereocenters. The van der Waals surface area contributed by atoms with Crippen LogP contribution in [0.15, 0.2) is 48.5 Å². The molecule has 1 amide bonds. The molecule has 88 valence electrons. The second kappa shape index (κ2) is 4.24. The minimum Gasteiger partial charge on any atom is -0.366 e. The zero-order valence-electron chi connectivity index (χ0n) is 9.48. The fourth-order valence-corrected chi connectivity index (χ4v) is 3.37. The SMILES string of the molecule is NC(=O)c1c(I)c2ccccc2c2ccccc12. The van der Waals surface area contributed by atoms with E-state index in [0.29, 0.717) is 5.56 Å². The van der Waals surface area contributed by atoms with E-state index in [1.807, 2.05) is 42.5 Å². The van der Waals surface area contributed by atoms with Crippen molar-refractivity contribution in [2.45, 2.75) is 0 Å². The molecule has 0 bridgehead atoms. The number of carbonyl (C=O) groups is 1. The predicted octanol–water partition coefficient (Wildman–Crippen LogP) is 3.70. The lowest BCUT2D eigenvalue weighted by atomic mass is 9.97. The van der Waals surface area contributed by atoms with Gasteiger partial charge in [0.05, 0.1) is 5.56 Å². The molecular formula is C15H10INO. The van der Waals surface area contributed by atoms with Gasteiger partial charge in [-0.25, -0.2) is 0 Å². The van der Waals surface area contributed by atoms with Crippen LogP contribution in [0.25, 0.3) is 21.5 Å². The van der Waals surface area contributed by atoms with Crippen LogP contribution in [0.4, 0.5) is 0 Å². The van der Waals surface area contributed by atoms with Gasteiger partial charge in [-0.1, -0.05) is 48.5 Å². The van der Waals surface area contributed by atoms with Crippen molar-refractivity contribution in [1.82, 2.24) is 0 Å². The molecule has 0 fully saturated rings. The van der Waals surface area contributed by atoms with Crippen LogP contribution in [0, 0.1) is 3.57 Å². The molecule has 3 heteroatoms. The first-order chi connectivity index (χ1) is 8.70. The molecule has 0 radical (unpaired) electrons. The number of carbonyl (C=O) groups excluding carboxylic acids is 1. The maximum atomic E-state index is 11.7. The molecule has 0 saturated carbocycles. The summed E-state index contributed by atoms with van der Waals surface area (Å²) in [4.78, 5) is 11.7. The average Bonchev–Trinajstić information content (AvgIpc) is 2.39. The quantitative estimate of drug-likeness (QED) is 0.529. The van der Waals surface area contributed by atoms with E-state index in [1.54, 1.807) is 0 Å². The minimum absolute atomic E-state index is 0.374. The molecule has 0 heterocycles. The lowest BCUT2D eigenvalue weighted by Gasteiger charge is -2.11. The van der Waals surface area contributed by atoms with Gasteiger partial charge in [0.15, 0.2) is 0 Å². The summed E-state index contributed by atoms with van der Waals surface area (Å²) in [5, 5.41) is 4.23. The first kappa shape index (κ1) is 11.5. The minimum atomic E-state index is -0.374. The molecule has 0 aliphatic heterocycles. The molecule has 0 unspecified atom stereocenters. The summed E-state index contributed by atoms with van der Waals surface area (Å²) < 4.78 is 0.925. The van der Waals surface area contributed by atoms with E-state index in [1.165, 1.54) is 0 Å². The van der Waals surface area contributed by atoms with Crippen LogP contribution in [0.2, 0.25) is 0 Å². The van der Waals surface area contributed by atoms with Gasteiger partial charge in [-0.3, -0.25) is 4.79 Å². The number of benzene rings is 3. The second-order valence-electron chi connectivity index (χ2n) is 4.14. The van der Waals surface area contributed by atoms with E-state index < -0.39 is 0 Å². The number of halogens is 1. The van der Waals surface area contributed by atoms with E-state index in [9.17, 15) is 4.79 Å². The highest BCUT2D eigenvalue weighted by molar-refractivity contribution is 14.1. The summed E-state index contributed by atoms with van der Waals surface area (Å²) in [5.41, 5.74) is 6.14. The van der Waals surface area contributed by atoms with E-state index in [2.05, 4.69) is 28.7 Å². The van der Waals surface area contributed by atoms with Crippen LogP contribution in [0.1, 0.15) is 10.4 Å². The third-order valence-corrected chi connectivity index (χ3v) is 4.24. The van der Waals surface area contributed by atoms with Crippen molar-refractivity contribution in [2.75, 3.05) is 0 Å². The molecule has 18 heavy (non-hydrogen) atoms. The molecule has 2 N–H and O–H groups in total. The Morgan fingerprint density at radius 2 is 1.28 bits per heavy atom. The van der Waals surface area contributed by atoms with Crippen LogP contribution in [0.3, 0.4) is 0 Å². The average molecular weight is 347 g/mol. The standard InChI is InChI=1S/C15H10INO/c16-14-12-8-4-2-6-10(12)9-5-1-3-7-11(9)13(14)15(17)18/h1-8H,(H2,17,18). The van der Waals surface area contributed by atoms with E-state index in [-0.39, 0.29) is 5.91 Å². The summed E-state index contributed by atoms with van der Waals surface area (Å²) in [6, 6.07) is 16.0. The molecule has 3 aromatic rings. The predicted molar refractivity (Wildman–Crippen MR) is 82.7 cm³/mol. The molecule has 0 aromatic heterocycles. The van der Waals surface area contributed by atoms with Gasteiger partial charge in [0.25, 0.3) is 0 Å². The Morgan fingerprint density at radius 3 is 1.83 bits per heavy atom. The van der Waals surface area contributed by atoms with Crippen LogP contribution in [-0.4, -0.2) is 5.91 Å². The smallest absolute Gasteiger partial charge is 0.250 e. The highest BCUT2D eigenvalue weighted by Gasteiger charge is 2.15. The third-order valence-electron chi connectivity index (χ3n) is 3.12. The number of fused-ring (bicyclic) bond motifs is 3. The van der Waals surface area contributed by atoms with Crippen LogP contribution >= 0.6 is 22.6 Å². The Hall–Kier alpha value is -1.62. The van der Waals surface area contributed by atoms with Crippen LogP contribution in [0.5, 0.6) is 0 Å². The van der Waals surface area contributed by atoms with Crippen molar-refractivity contribution in [3.05, 3.63) is 57.7 Å². The molecule has 0 aliphatic carbocycles. The zero-order valence-corrected chi connectivity index (χ0v) is 11.6. The van der Waals surface area contributed by atoms with Crippen molar-refractivity contribution >= 4 is 50.0 Å². The largest absolute Gasteiger partial charge is 0.366 e. The lowest BCUT2D eigenvalue weighted by molar-refractivity contribution is 0.100. The highest BCUT2D eigenvalue weighted by Crippen LogP contribution is 2.33. The molecule has 0 saturated heterocycles. The Labute approximate surface area is 118 Å². The first-order valence-electron chi connectivity index (χ1n) is 5.59. The topological polar surface area (TPSA) is 43.1 Å².